The molecule has 7 nitrogen and oxygen atoms in total. The maximum atomic E-state index is 12.2. The molecule has 2 aliphatic rings. The zero-order chi connectivity index (χ0) is 16.6. The molecule has 1 aliphatic carbocycles. The SMILES string of the molecule is O=C(NC1CCN(C(=O)C2CC2)CC1)c1cc(O)c(O)c(O)c1. The van der Waals surface area contributed by atoms with Crippen LogP contribution in [-0.2, 0) is 4.79 Å². The van der Waals surface area contributed by atoms with E-state index < -0.39 is 23.2 Å². The third-order valence-corrected chi connectivity index (χ3v) is 4.40. The minimum Gasteiger partial charge on any atom is -0.504 e. The lowest BCUT2D eigenvalue weighted by atomic mass is 10.0. The van der Waals surface area contributed by atoms with Gasteiger partial charge in [0, 0.05) is 30.6 Å². The summed E-state index contributed by atoms with van der Waals surface area (Å²) >= 11 is 0. The molecule has 1 aromatic rings. The molecule has 1 saturated carbocycles. The summed E-state index contributed by atoms with van der Waals surface area (Å²) in [7, 11) is 0. The molecule has 3 rings (SSSR count). The van der Waals surface area contributed by atoms with E-state index in [0.29, 0.717) is 25.9 Å². The van der Waals surface area contributed by atoms with Crippen LogP contribution in [0, 0.1) is 5.92 Å². The molecule has 0 unspecified atom stereocenters. The predicted octanol–water partition coefficient (Wildman–Crippen LogP) is 0.934. The van der Waals surface area contributed by atoms with Crippen molar-refractivity contribution in [1.29, 1.82) is 0 Å². The molecule has 0 bridgehead atoms. The van der Waals surface area contributed by atoms with Gasteiger partial charge in [0.1, 0.15) is 0 Å². The van der Waals surface area contributed by atoms with Crippen LogP contribution in [0.2, 0.25) is 0 Å². The average molecular weight is 320 g/mol. The number of benzene rings is 1. The fourth-order valence-electron chi connectivity index (χ4n) is 2.84. The summed E-state index contributed by atoms with van der Waals surface area (Å²) < 4.78 is 0. The molecule has 7 heteroatoms. The molecule has 0 atom stereocenters. The number of aromatic hydroxyl groups is 3. The number of nitrogens with zero attached hydrogens (tertiary/aromatic N) is 1. The molecule has 1 saturated heterocycles. The van der Waals surface area contributed by atoms with Crippen LogP contribution in [0.5, 0.6) is 17.2 Å². The molecule has 124 valence electrons. The van der Waals surface area contributed by atoms with E-state index >= 15 is 0 Å². The van der Waals surface area contributed by atoms with Crippen LogP contribution in [-0.4, -0.2) is 51.2 Å². The van der Waals surface area contributed by atoms with Crippen molar-refractivity contribution in [3.8, 4) is 17.2 Å². The molecular formula is C16H20N2O5. The van der Waals surface area contributed by atoms with Gasteiger partial charge in [-0.1, -0.05) is 0 Å². The Morgan fingerprint density at radius 3 is 2.09 bits per heavy atom. The fourth-order valence-corrected chi connectivity index (χ4v) is 2.84. The number of nitrogens with one attached hydrogen (secondary N) is 1. The number of hydrogen-bond acceptors (Lipinski definition) is 5. The third-order valence-electron chi connectivity index (χ3n) is 4.40. The van der Waals surface area contributed by atoms with E-state index in [1.807, 2.05) is 4.90 Å². The van der Waals surface area contributed by atoms with Gasteiger partial charge in [-0.15, -0.1) is 0 Å². The zero-order valence-corrected chi connectivity index (χ0v) is 12.7. The van der Waals surface area contributed by atoms with Crippen LogP contribution >= 0.6 is 0 Å². The number of carbonyl (C=O) groups excluding carboxylic acids is 2. The van der Waals surface area contributed by atoms with Crippen LogP contribution in [0.15, 0.2) is 12.1 Å². The Kier molecular flexibility index (Phi) is 4.02. The van der Waals surface area contributed by atoms with Gasteiger partial charge < -0.3 is 25.5 Å². The minimum atomic E-state index is -0.645. The first-order valence-corrected chi connectivity index (χ1v) is 7.80. The minimum absolute atomic E-state index is 0.0520. The highest BCUT2D eigenvalue weighted by Crippen LogP contribution is 2.35. The lowest BCUT2D eigenvalue weighted by Gasteiger charge is -2.32. The number of amides is 2. The highest BCUT2D eigenvalue weighted by molar-refractivity contribution is 5.95. The Balaban J connectivity index is 1.56. The van der Waals surface area contributed by atoms with Gasteiger partial charge in [-0.2, -0.15) is 0 Å². The van der Waals surface area contributed by atoms with Gasteiger partial charge in [-0.3, -0.25) is 9.59 Å². The van der Waals surface area contributed by atoms with Crippen LogP contribution < -0.4 is 5.32 Å². The van der Waals surface area contributed by atoms with Gasteiger partial charge in [-0.25, -0.2) is 0 Å². The van der Waals surface area contributed by atoms with E-state index in [4.69, 9.17) is 0 Å². The number of phenols is 3. The van der Waals surface area contributed by atoms with Crippen LogP contribution in [0.25, 0.3) is 0 Å². The first-order chi connectivity index (χ1) is 11.0. The van der Waals surface area contributed by atoms with Gasteiger partial charge in [0.25, 0.3) is 5.91 Å². The number of likely N-dealkylation sites (tertiary alicyclic amines) is 1. The van der Waals surface area contributed by atoms with Crippen molar-refractivity contribution in [1.82, 2.24) is 10.2 Å². The number of rotatable bonds is 3. The summed E-state index contributed by atoms with van der Waals surface area (Å²) in [5.41, 5.74) is 0.0780. The molecule has 1 aliphatic heterocycles. The van der Waals surface area contributed by atoms with Crippen molar-refractivity contribution in [2.75, 3.05) is 13.1 Å². The Bertz CT molecular complexity index is 610. The van der Waals surface area contributed by atoms with Gasteiger partial charge in [0.2, 0.25) is 5.91 Å². The molecule has 1 aromatic carbocycles. The standard InChI is InChI=1S/C16H20N2O5/c19-12-7-10(8-13(20)14(12)21)15(22)17-11-3-5-18(6-4-11)16(23)9-1-2-9/h7-9,11,19-21H,1-6H2,(H,17,22). The normalized spacial score (nSPS) is 18.7. The smallest absolute Gasteiger partial charge is 0.251 e. The summed E-state index contributed by atoms with van der Waals surface area (Å²) in [4.78, 5) is 26.0. The van der Waals surface area contributed by atoms with Crippen molar-refractivity contribution < 1.29 is 24.9 Å². The molecule has 23 heavy (non-hydrogen) atoms. The second kappa shape index (κ2) is 5.98. The van der Waals surface area contributed by atoms with E-state index in [1.165, 1.54) is 0 Å². The maximum Gasteiger partial charge on any atom is 0.251 e. The fraction of sp³-hybridized carbons (Fsp3) is 0.500. The van der Waals surface area contributed by atoms with Gasteiger partial charge in [0.05, 0.1) is 0 Å². The average Bonchev–Trinajstić information content (AvgIpc) is 3.37. The number of carbonyl (C=O) groups is 2. The van der Waals surface area contributed by atoms with E-state index in [9.17, 15) is 24.9 Å². The Labute approximate surface area is 133 Å². The molecule has 1 heterocycles. The van der Waals surface area contributed by atoms with Gasteiger partial charge in [-0.05, 0) is 37.8 Å². The molecule has 2 amide bonds. The first kappa shape index (κ1) is 15.5. The zero-order valence-electron chi connectivity index (χ0n) is 12.7. The summed E-state index contributed by atoms with van der Waals surface area (Å²) in [6.07, 6.45) is 3.34. The van der Waals surface area contributed by atoms with Crippen molar-refractivity contribution in [2.45, 2.75) is 31.7 Å². The highest BCUT2D eigenvalue weighted by atomic mass is 16.3. The second-order valence-corrected chi connectivity index (χ2v) is 6.21. The van der Waals surface area contributed by atoms with E-state index in [2.05, 4.69) is 5.32 Å². The quantitative estimate of drug-likeness (QED) is 0.619. The van der Waals surface area contributed by atoms with Crippen molar-refractivity contribution in [3.05, 3.63) is 17.7 Å². The predicted molar refractivity (Wildman–Crippen MR) is 81.2 cm³/mol. The monoisotopic (exact) mass is 320 g/mol. The highest BCUT2D eigenvalue weighted by Gasteiger charge is 2.35. The largest absolute Gasteiger partial charge is 0.504 e. The van der Waals surface area contributed by atoms with Gasteiger partial charge >= 0.3 is 0 Å². The molecule has 2 fully saturated rings. The lowest BCUT2D eigenvalue weighted by Crippen LogP contribution is -2.47. The Morgan fingerprint density at radius 2 is 1.57 bits per heavy atom. The topological polar surface area (TPSA) is 110 Å². The summed E-state index contributed by atoms with van der Waals surface area (Å²) in [6.45, 7) is 1.26. The van der Waals surface area contributed by atoms with E-state index in [1.54, 1.807) is 0 Å². The summed E-state index contributed by atoms with van der Waals surface area (Å²) in [5, 5.41) is 31.0. The van der Waals surface area contributed by atoms with E-state index in [-0.39, 0.29) is 23.4 Å². The van der Waals surface area contributed by atoms with E-state index in [0.717, 1.165) is 25.0 Å². The number of hydrogen-bond donors (Lipinski definition) is 4. The van der Waals surface area contributed by atoms with Crippen molar-refractivity contribution in [3.63, 3.8) is 0 Å². The maximum absolute atomic E-state index is 12.2. The molecule has 0 spiro atoms. The summed E-state index contributed by atoms with van der Waals surface area (Å²) in [6, 6.07) is 2.16. The molecule has 4 N–H and O–H groups in total. The Hall–Kier alpha value is -2.44. The molecular weight excluding hydrogens is 300 g/mol. The number of piperidine rings is 1. The molecule has 0 aromatic heterocycles. The van der Waals surface area contributed by atoms with Crippen LogP contribution in [0.4, 0.5) is 0 Å². The lowest BCUT2D eigenvalue weighted by molar-refractivity contribution is -0.133. The van der Waals surface area contributed by atoms with Crippen LogP contribution in [0.3, 0.4) is 0 Å². The van der Waals surface area contributed by atoms with Gasteiger partial charge in [0.15, 0.2) is 17.2 Å². The van der Waals surface area contributed by atoms with Crippen molar-refractivity contribution >= 4 is 11.8 Å². The Morgan fingerprint density at radius 1 is 1.00 bits per heavy atom. The van der Waals surface area contributed by atoms with Crippen LogP contribution in [0.1, 0.15) is 36.0 Å². The third kappa shape index (κ3) is 3.33. The molecule has 0 radical (unpaired) electrons. The second-order valence-electron chi connectivity index (χ2n) is 6.21. The number of phenolic OH excluding ortho intramolecular Hbond substituents is 3. The summed E-state index contributed by atoms with van der Waals surface area (Å²) in [5.74, 6) is -1.72. The van der Waals surface area contributed by atoms with Crippen molar-refractivity contribution in [2.24, 2.45) is 5.92 Å². The first-order valence-electron chi connectivity index (χ1n) is 7.80.